The third kappa shape index (κ3) is 1.82. The number of hydrogen-bond donors (Lipinski definition) is 0. The minimum atomic E-state index is -5.35. The number of ketones is 1. The molecule has 1 aliphatic rings. The first kappa shape index (κ1) is 15.3. The predicted octanol–water partition coefficient (Wildman–Crippen LogP) is 3.71. The lowest BCUT2D eigenvalue weighted by Gasteiger charge is -2.44. The van der Waals surface area contributed by atoms with Gasteiger partial charge in [-0.05, 0) is 12.8 Å². The molecule has 106 valence electrons. The van der Waals surface area contributed by atoms with Crippen LogP contribution >= 0.6 is 0 Å². The molecule has 0 heterocycles. The molecular formula is C11H14F6O. The molecule has 0 amide bonds. The van der Waals surface area contributed by atoms with E-state index in [1.165, 1.54) is 0 Å². The van der Waals surface area contributed by atoms with Crippen molar-refractivity contribution in [3.63, 3.8) is 0 Å². The summed E-state index contributed by atoms with van der Waals surface area (Å²) in [6.45, 7) is 3.44. The van der Waals surface area contributed by atoms with Crippen LogP contribution in [0.3, 0.4) is 0 Å². The number of carbonyl (C=O) groups excluding carboxylic acids is 1. The molecule has 18 heavy (non-hydrogen) atoms. The molecule has 0 bridgehead atoms. The minimum Gasteiger partial charge on any atom is -0.295 e. The van der Waals surface area contributed by atoms with E-state index in [4.69, 9.17) is 0 Å². The molecule has 0 aromatic carbocycles. The van der Waals surface area contributed by atoms with E-state index in [0.717, 1.165) is 20.8 Å². The normalized spacial score (nSPS) is 35.3. The fourth-order valence-electron chi connectivity index (χ4n) is 1.98. The van der Waals surface area contributed by atoms with Gasteiger partial charge in [-0.3, -0.25) is 4.79 Å². The van der Waals surface area contributed by atoms with Gasteiger partial charge in [0.2, 0.25) is 5.67 Å². The largest absolute Gasteiger partial charge is 0.353 e. The molecule has 1 rings (SSSR count). The monoisotopic (exact) mass is 276 g/mol. The highest BCUT2D eigenvalue weighted by molar-refractivity contribution is 5.93. The molecule has 1 nitrogen and oxygen atoms in total. The first-order chi connectivity index (χ1) is 7.78. The van der Waals surface area contributed by atoms with E-state index in [9.17, 15) is 31.1 Å². The van der Waals surface area contributed by atoms with Gasteiger partial charge in [0, 0.05) is 5.41 Å². The first-order valence-electron chi connectivity index (χ1n) is 5.42. The molecule has 1 fully saturated rings. The van der Waals surface area contributed by atoms with Gasteiger partial charge in [0.1, 0.15) is 0 Å². The van der Waals surface area contributed by atoms with Crippen molar-refractivity contribution in [1.29, 1.82) is 0 Å². The molecule has 0 aromatic rings. The zero-order valence-electron chi connectivity index (χ0n) is 10.2. The van der Waals surface area contributed by atoms with Crippen molar-refractivity contribution in [3.8, 4) is 0 Å². The van der Waals surface area contributed by atoms with Gasteiger partial charge < -0.3 is 0 Å². The Kier molecular flexibility index (Phi) is 3.29. The number of carbonyl (C=O) groups is 1. The molecule has 0 N–H and O–H groups in total. The van der Waals surface area contributed by atoms with E-state index in [1.807, 2.05) is 0 Å². The minimum absolute atomic E-state index is 1.11. The highest BCUT2D eigenvalue weighted by Crippen LogP contribution is 2.55. The number of alkyl halides is 6. The van der Waals surface area contributed by atoms with Crippen LogP contribution in [0.4, 0.5) is 26.3 Å². The Labute approximate surface area is 101 Å². The fraction of sp³-hybridized carbons (Fsp3) is 0.909. The van der Waals surface area contributed by atoms with Gasteiger partial charge in [-0.25, -0.2) is 8.78 Å². The van der Waals surface area contributed by atoms with Gasteiger partial charge >= 0.3 is 11.8 Å². The lowest BCUT2D eigenvalue weighted by molar-refractivity contribution is -0.306. The van der Waals surface area contributed by atoms with Crippen LogP contribution in [-0.2, 0) is 4.79 Å². The van der Waals surface area contributed by atoms with Crippen molar-refractivity contribution in [2.45, 2.75) is 57.3 Å². The lowest BCUT2D eigenvalue weighted by atomic mass is 9.70. The Hall–Kier alpha value is -0.750. The van der Waals surface area contributed by atoms with E-state index >= 15 is 0 Å². The lowest BCUT2D eigenvalue weighted by Crippen LogP contribution is -2.68. The predicted molar refractivity (Wildman–Crippen MR) is 52.3 cm³/mol. The van der Waals surface area contributed by atoms with Crippen LogP contribution in [0.15, 0.2) is 0 Å². The maximum Gasteiger partial charge on any atom is 0.353 e. The number of rotatable bonds is 1. The van der Waals surface area contributed by atoms with Gasteiger partial charge in [0.25, 0.3) is 0 Å². The van der Waals surface area contributed by atoms with E-state index in [-0.39, 0.29) is 0 Å². The highest BCUT2D eigenvalue weighted by atomic mass is 19.3. The zero-order chi connectivity index (χ0) is 14.6. The Morgan fingerprint density at radius 2 is 1.56 bits per heavy atom. The van der Waals surface area contributed by atoms with Crippen molar-refractivity contribution in [2.75, 3.05) is 0 Å². The summed E-state index contributed by atoms with van der Waals surface area (Å²) in [5.74, 6) is -12.2. The van der Waals surface area contributed by atoms with Crippen LogP contribution in [0, 0.1) is 5.41 Å². The molecule has 1 aliphatic carbocycles. The summed E-state index contributed by atoms with van der Waals surface area (Å²) >= 11 is 0. The number of hydrogen-bond acceptors (Lipinski definition) is 1. The summed E-state index contributed by atoms with van der Waals surface area (Å²) < 4.78 is 80.2. The highest BCUT2D eigenvalue weighted by Gasteiger charge is 2.78. The molecule has 2 unspecified atom stereocenters. The standard InChI is InChI=1S/C11H14F6O/c1-8(2,3)7(18)9(13)5-4-6(12)10(14,15)11(9,16)17/h6H,4-5H2,1-3H3. The zero-order valence-corrected chi connectivity index (χ0v) is 10.2. The molecule has 0 radical (unpaired) electrons. The summed E-state index contributed by atoms with van der Waals surface area (Å²) in [6, 6.07) is 0. The topological polar surface area (TPSA) is 17.1 Å². The van der Waals surface area contributed by atoms with Crippen molar-refractivity contribution in [3.05, 3.63) is 0 Å². The van der Waals surface area contributed by atoms with Crippen LogP contribution in [0.1, 0.15) is 33.6 Å². The van der Waals surface area contributed by atoms with Crippen molar-refractivity contribution >= 4 is 5.78 Å². The fourth-order valence-corrected chi connectivity index (χ4v) is 1.98. The molecule has 0 aliphatic heterocycles. The van der Waals surface area contributed by atoms with Crippen LogP contribution in [-0.4, -0.2) is 29.5 Å². The Morgan fingerprint density at radius 1 is 1.11 bits per heavy atom. The average Bonchev–Trinajstić information content (AvgIpc) is 2.20. The summed E-state index contributed by atoms with van der Waals surface area (Å²) in [6.07, 6.45) is -5.50. The van der Waals surface area contributed by atoms with Gasteiger partial charge in [-0.2, -0.15) is 17.6 Å². The second-order valence-electron chi connectivity index (χ2n) is 5.58. The van der Waals surface area contributed by atoms with Crippen molar-refractivity contribution < 1.29 is 31.1 Å². The second-order valence-corrected chi connectivity index (χ2v) is 5.58. The molecular weight excluding hydrogens is 262 g/mol. The third-order valence-corrected chi connectivity index (χ3v) is 3.09. The van der Waals surface area contributed by atoms with Crippen LogP contribution in [0.2, 0.25) is 0 Å². The third-order valence-electron chi connectivity index (χ3n) is 3.09. The molecule has 0 aromatic heterocycles. The van der Waals surface area contributed by atoms with Crippen LogP contribution < -0.4 is 0 Å². The van der Waals surface area contributed by atoms with Crippen LogP contribution in [0.25, 0.3) is 0 Å². The van der Waals surface area contributed by atoms with Crippen molar-refractivity contribution in [2.24, 2.45) is 5.41 Å². The van der Waals surface area contributed by atoms with Crippen LogP contribution in [0.5, 0.6) is 0 Å². The summed E-state index contributed by atoms with van der Waals surface area (Å²) in [7, 11) is 0. The quantitative estimate of drug-likeness (QED) is 0.667. The van der Waals surface area contributed by atoms with E-state index in [2.05, 4.69) is 0 Å². The summed E-state index contributed by atoms with van der Waals surface area (Å²) in [5, 5.41) is 0. The van der Waals surface area contributed by atoms with Gasteiger partial charge in [-0.15, -0.1) is 0 Å². The Morgan fingerprint density at radius 3 is 1.94 bits per heavy atom. The maximum atomic E-state index is 14.2. The van der Waals surface area contributed by atoms with Crippen molar-refractivity contribution in [1.82, 2.24) is 0 Å². The average molecular weight is 276 g/mol. The smallest absolute Gasteiger partial charge is 0.295 e. The van der Waals surface area contributed by atoms with Gasteiger partial charge in [0.15, 0.2) is 12.0 Å². The first-order valence-corrected chi connectivity index (χ1v) is 5.42. The molecule has 1 saturated carbocycles. The second kappa shape index (κ2) is 3.87. The van der Waals surface area contributed by atoms with Gasteiger partial charge in [0.05, 0.1) is 0 Å². The van der Waals surface area contributed by atoms with E-state index < -0.39 is 47.7 Å². The summed E-state index contributed by atoms with van der Waals surface area (Å²) in [5.41, 5.74) is -5.59. The SMILES string of the molecule is CC(C)(C)C(=O)C1(F)CCC(F)C(F)(F)C1(F)F. The molecule has 0 saturated heterocycles. The van der Waals surface area contributed by atoms with E-state index in [0.29, 0.717) is 0 Å². The Balaban J connectivity index is 3.29. The summed E-state index contributed by atoms with van der Waals surface area (Å²) in [4.78, 5) is 11.6. The molecule has 7 heteroatoms. The number of Topliss-reactive ketones (excluding diaryl/α,β-unsaturated/α-hetero) is 1. The Bertz CT molecular complexity index is 359. The maximum absolute atomic E-state index is 14.2. The molecule has 0 spiro atoms. The van der Waals surface area contributed by atoms with E-state index in [1.54, 1.807) is 0 Å². The van der Waals surface area contributed by atoms with Gasteiger partial charge in [-0.1, -0.05) is 20.8 Å². The number of halogens is 6. The molecule has 2 atom stereocenters.